The molecular weight excluding hydrogens is 256 g/mol. The lowest BCUT2D eigenvalue weighted by atomic mass is 10.1. The topological polar surface area (TPSA) is 32.3 Å². The minimum atomic E-state index is 0.0410. The first kappa shape index (κ1) is 13.6. The van der Waals surface area contributed by atoms with E-state index < -0.39 is 0 Å². The van der Waals surface area contributed by atoms with Crippen molar-refractivity contribution in [3.8, 4) is 0 Å². The Balaban J connectivity index is 2.21. The van der Waals surface area contributed by atoms with E-state index in [9.17, 15) is 4.79 Å². The second-order valence-corrected chi connectivity index (χ2v) is 5.37. The molecule has 0 saturated heterocycles. The molecule has 0 radical (unpaired) electrons. The number of carbonyl (C=O) groups excluding carboxylic acids is 1. The van der Waals surface area contributed by atoms with Crippen molar-refractivity contribution in [1.82, 2.24) is 4.90 Å². The van der Waals surface area contributed by atoms with Crippen molar-refractivity contribution in [3.63, 3.8) is 0 Å². The predicted molar refractivity (Wildman–Crippen MR) is 80.8 cm³/mol. The minimum Gasteiger partial charge on any atom is -0.387 e. The molecule has 0 fully saturated rings. The van der Waals surface area contributed by atoms with E-state index in [4.69, 9.17) is 0 Å². The van der Waals surface area contributed by atoms with Gasteiger partial charge in [0.15, 0.2) is 0 Å². The quantitative estimate of drug-likeness (QED) is 0.927. The van der Waals surface area contributed by atoms with E-state index in [-0.39, 0.29) is 5.91 Å². The summed E-state index contributed by atoms with van der Waals surface area (Å²) in [6.07, 6.45) is 0. The fourth-order valence-electron chi connectivity index (χ4n) is 1.99. The monoisotopic (exact) mass is 274 g/mol. The third kappa shape index (κ3) is 3.15. The molecule has 2 aromatic rings. The zero-order valence-electron chi connectivity index (χ0n) is 11.4. The van der Waals surface area contributed by atoms with E-state index in [1.807, 2.05) is 50.7 Å². The average molecular weight is 274 g/mol. The fraction of sp³-hybridized carbons (Fsp3) is 0.267. The molecule has 0 aliphatic carbocycles. The summed E-state index contributed by atoms with van der Waals surface area (Å²) in [5.74, 6) is 0.0410. The first-order chi connectivity index (χ1) is 9.11. The summed E-state index contributed by atoms with van der Waals surface area (Å²) >= 11 is 1.65. The van der Waals surface area contributed by atoms with Gasteiger partial charge in [-0.1, -0.05) is 11.6 Å². The standard InChI is InChI=1S/C15H18N2OS/c1-11-4-5-14(16-2)13(8-11)15(18)17(3)9-12-6-7-19-10-12/h4-8,10,16H,9H2,1-3H3. The molecule has 0 bridgehead atoms. The van der Waals surface area contributed by atoms with Crippen molar-refractivity contribution in [3.05, 3.63) is 51.7 Å². The van der Waals surface area contributed by atoms with Crippen LogP contribution in [-0.4, -0.2) is 24.9 Å². The van der Waals surface area contributed by atoms with Crippen molar-refractivity contribution in [2.45, 2.75) is 13.5 Å². The number of hydrogen-bond donors (Lipinski definition) is 1. The third-order valence-electron chi connectivity index (χ3n) is 3.02. The molecule has 4 heteroatoms. The van der Waals surface area contributed by atoms with Gasteiger partial charge in [0.1, 0.15) is 0 Å². The number of nitrogens with zero attached hydrogens (tertiary/aromatic N) is 1. The lowest BCUT2D eigenvalue weighted by molar-refractivity contribution is 0.0786. The number of benzene rings is 1. The molecule has 1 aromatic heterocycles. The smallest absolute Gasteiger partial charge is 0.256 e. The Labute approximate surface area is 117 Å². The van der Waals surface area contributed by atoms with Crippen LogP contribution in [0.5, 0.6) is 0 Å². The normalized spacial score (nSPS) is 10.3. The molecule has 2 rings (SSSR count). The highest BCUT2D eigenvalue weighted by molar-refractivity contribution is 7.07. The number of amides is 1. The summed E-state index contributed by atoms with van der Waals surface area (Å²) in [5.41, 5.74) is 3.85. The summed E-state index contributed by atoms with van der Waals surface area (Å²) in [6, 6.07) is 7.92. The van der Waals surface area contributed by atoms with Crippen molar-refractivity contribution in [1.29, 1.82) is 0 Å². The van der Waals surface area contributed by atoms with E-state index in [1.165, 1.54) is 5.56 Å². The number of carbonyl (C=O) groups is 1. The van der Waals surface area contributed by atoms with Crippen molar-refractivity contribution >= 4 is 22.9 Å². The molecule has 0 atom stereocenters. The van der Waals surface area contributed by atoms with Gasteiger partial charge in [-0.3, -0.25) is 4.79 Å². The first-order valence-electron chi connectivity index (χ1n) is 6.16. The first-order valence-corrected chi connectivity index (χ1v) is 7.11. The van der Waals surface area contributed by atoms with Gasteiger partial charge in [-0.2, -0.15) is 11.3 Å². The van der Waals surface area contributed by atoms with Crippen molar-refractivity contribution < 1.29 is 4.79 Å². The molecular formula is C15H18N2OS. The number of rotatable bonds is 4. The maximum Gasteiger partial charge on any atom is 0.256 e. The largest absolute Gasteiger partial charge is 0.387 e. The molecule has 0 unspecified atom stereocenters. The van der Waals surface area contributed by atoms with Crippen molar-refractivity contribution in [2.24, 2.45) is 0 Å². The van der Waals surface area contributed by atoms with Gasteiger partial charge >= 0.3 is 0 Å². The van der Waals surface area contributed by atoms with E-state index in [1.54, 1.807) is 16.2 Å². The lowest BCUT2D eigenvalue weighted by Crippen LogP contribution is -2.26. The van der Waals surface area contributed by atoms with Crippen LogP contribution in [0.2, 0.25) is 0 Å². The fourth-order valence-corrected chi connectivity index (χ4v) is 2.65. The van der Waals surface area contributed by atoms with Gasteiger partial charge in [0.25, 0.3) is 5.91 Å². The van der Waals surface area contributed by atoms with E-state index in [0.29, 0.717) is 6.54 Å². The van der Waals surface area contributed by atoms with Gasteiger partial charge in [0.05, 0.1) is 5.56 Å². The highest BCUT2D eigenvalue weighted by Gasteiger charge is 2.16. The van der Waals surface area contributed by atoms with Gasteiger partial charge in [-0.25, -0.2) is 0 Å². The summed E-state index contributed by atoms with van der Waals surface area (Å²) < 4.78 is 0. The number of thiophene rings is 1. The number of anilines is 1. The molecule has 1 aromatic carbocycles. The summed E-state index contributed by atoms with van der Waals surface area (Å²) in [5, 5.41) is 7.17. The molecule has 0 spiro atoms. The Morgan fingerprint density at radius 1 is 1.37 bits per heavy atom. The molecule has 0 aliphatic heterocycles. The number of hydrogen-bond acceptors (Lipinski definition) is 3. The number of nitrogens with one attached hydrogen (secondary N) is 1. The van der Waals surface area contributed by atoms with Crippen LogP contribution in [0.3, 0.4) is 0 Å². The summed E-state index contributed by atoms with van der Waals surface area (Å²) in [6.45, 7) is 2.63. The van der Waals surface area contributed by atoms with Crippen LogP contribution in [0.15, 0.2) is 35.0 Å². The van der Waals surface area contributed by atoms with Crippen LogP contribution in [0.25, 0.3) is 0 Å². The molecule has 1 amide bonds. The van der Waals surface area contributed by atoms with E-state index in [0.717, 1.165) is 16.8 Å². The lowest BCUT2D eigenvalue weighted by Gasteiger charge is -2.19. The van der Waals surface area contributed by atoms with Crippen LogP contribution in [0.4, 0.5) is 5.69 Å². The van der Waals surface area contributed by atoms with Gasteiger partial charge in [0.2, 0.25) is 0 Å². The zero-order valence-corrected chi connectivity index (χ0v) is 12.3. The Hall–Kier alpha value is -1.81. The van der Waals surface area contributed by atoms with E-state index >= 15 is 0 Å². The molecule has 0 saturated carbocycles. The summed E-state index contributed by atoms with van der Waals surface area (Å²) in [7, 11) is 3.67. The summed E-state index contributed by atoms with van der Waals surface area (Å²) in [4.78, 5) is 14.2. The second kappa shape index (κ2) is 5.89. The maximum absolute atomic E-state index is 12.5. The Morgan fingerprint density at radius 2 is 2.16 bits per heavy atom. The average Bonchev–Trinajstić information content (AvgIpc) is 2.90. The Bertz CT molecular complexity index is 564. The molecule has 3 nitrogen and oxygen atoms in total. The highest BCUT2D eigenvalue weighted by atomic mass is 32.1. The molecule has 100 valence electrons. The Kier molecular flexibility index (Phi) is 4.22. The molecule has 1 N–H and O–H groups in total. The minimum absolute atomic E-state index is 0.0410. The van der Waals surface area contributed by atoms with Crippen molar-refractivity contribution in [2.75, 3.05) is 19.4 Å². The van der Waals surface area contributed by atoms with Crippen LogP contribution in [0.1, 0.15) is 21.5 Å². The van der Waals surface area contributed by atoms with Gasteiger partial charge < -0.3 is 10.2 Å². The van der Waals surface area contributed by atoms with Crippen LogP contribution < -0.4 is 5.32 Å². The molecule has 1 heterocycles. The van der Waals surface area contributed by atoms with Gasteiger partial charge in [0, 0.05) is 26.3 Å². The maximum atomic E-state index is 12.5. The van der Waals surface area contributed by atoms with E-state index in [2.05, 4.69) is 10.7 Å². The number of aryl methyl sites for hydroxylation is 1. The second-order valence-electron chi connectivity index (χ2n) is 4.59. The van der Waals surface area contributed by atoms with Gasteiger partial charge in [-0.05, 0) is 41.4 Å². The van der Waals surface area contributed by atoms with Crippen LogP contribution >= 0.6 is 11.3 Å². The predicted octanol–water partition coefficient (Wildman–Crippen LogP) is 3.37. The molecule has 19 heavy (non-hydrogen) atoms. The highest BCUT2D eigenvalue weighted by Crippen LogP contribution is 2.19. The zero-order chi connectivity index (χ0) is 13.8. The van der Waals surface area contributed by atoms with Crippen LogP contribution in [0, 0.1) is 6.92 Å². The van der Waals surface area contributed by atoms with Crippen LogP contribution in [-0.2, 0) is 6.54 Å². The van der Waals surface area contributed by atoms with Gasteiger partial charge in [-0.15, -0.1) is 0 Å². The Morgan fingerprint density at radius 3 is 2.79 bits per heavy atom. The third-order valence-corrected chi connectivity index (χ3v) is 3.75. The molecule has 0 aliphatic rings. The SMILES string of the molecule is CNc1ccc(C)cc1C(=O)N(C)Cc1ccsc1.